The van der Waals surface area contributed by atoms with Crippen LogP contribution in [0.25, 0.3) is 11.1 Å². The second-order valence-corrected chi connectivity index (χ2v) is 5.26. The SMILES string of the molecule is CN(Cc1nc2ccccc2o1)CC1CC(O)C1. The maximum Gasteiger partial charge on any atom is 0.209 e. The molecule has 1 aromatic carbocycles. The fourth-order valence-electron chi connectivity index (χ4n) is 2.57. The van der Waals surface area contributed by atoms with E-state index >= 15 is 0 Å². The normalized spacial score (nSPS) is 23.5. The van der Waals surface area contributed by atoms with Crippen LogP contribution in [-0.2, 0) is 6.54 Å². The van der Waals surface area contributed by atoms with Gasteiger partial charge in [-0.25, -0.2) is 4.98 Å². The Morgan fingerprint density at radius 2 is 2.17 bits per heavy atom. The highest BCUT2D eigenvalue weighted by molar-refractivity contribution is 5.72. The lowest BCUT2D eigenvalue weighted by molar-refractivity contribution is 0.0264. The van der Waals surface area contributed by atoms with E-state index in [1.165, 1.54) is 0 Å². The lowest BCUT2D eigenvalue weighted by Crippen LogP contribution is -2.36. The molecule has 0 amide bonds. The van der Waals surface area contributed by atoms with Gasteiger partial charge in [0.05, 0.1) is 12.6 Å². The molecule has 3 rings (SSSR count). The first kappa shape index (κ1) is 11.7. The quantitative estimate of drug-likeness (QED) is 0.896. The number of aliphatic hydroxyl groups is 1. The lowest BCUT2D eigenvalue weighted by atomic mass is 9.82. The zero-order chi connectivity index (χ0) is 12.5. The summed E-state index contributed by atoms with van der Waals surface area (Å²) in [5.74, 6) is 1.38. The molecule has 2 aromatic rings. The van der Waals surface area contributed by atoms with Crippen molar-refractivity contribution >= 4 is 11.1 Å². The highest BCUT2D eigenvalue weighted by atomic mass is 16.3. The number of fused-ring (bicyclic) bond motifs is 1. The first-order valence-corrected chi connectivity index (χ1v) is 6.42. The van der Waals surface area contributed by atoms with Crippen LogP contribution in [0.2, 0.25) is 0 Å². The minimum atomic E-state index is -0.0762. The van der Waals surface area contributed by atoms with Gasteiger partial charge in [-0.15, -0.1) is 0 Å². The van der Waals surface area contributed by atoms with Gasteiger partial charge in [0.25, 0.3) is 0 Å². The van der Waals surface area contributed by atoms with E-state index in [0.717, 1.165) is 42.9 Å². The second kappa shape index (κ2) is 4.71. The fraction of sp³-hybridized carbons (Fsp3) is 0.500. The summed E-state index contributed by atoms with van der Waals surface area (Å²) in [4.78, 5) is 6.67. The number of hydrogen-bond donors (Lipinski definition) is 1. The van der Waals surface area contributed by atoms with Crippen molar-refractivity contribution in [2.45, 2.75) is 25.5 Å². The predicted molar refractivity (Wildman–Crippen MR) is 69.1 cm³/mol. The Hall–Kier alpha value is -1.39. The molecule has 1 heterocycles. The molecule has 4 nitrogen and oxygen atoms in total. The zero-order valence-electron chi connectivity index (χ0n) is 10.5. The summed E-state index contributed by atoms with van der Waals surface area (Å²) in [5.41, 5.74) is 1.76. The number of aromatic nitrogens is 1. The monoisotopic (exact) mass is 246 g/mol. The van der Waals surface area contributed by atoms with Crippen LogP contribution in [0.3, 0.4) is 0 Å². The molecule has 18 heavy (non-hydrogen) atoms. The summed E-state index contributed by atoms with van der Waals surface area (Å²) in [6.45, 7) is 1.72. The van der Waals surface area contributed by atoms with Crippen molar-refractivity contribution in [3.05, 3.63) is 30.2 Å². The average Bonchev–Trinajstić information content (AvgIpc) is 2.68. The number of oxazole rings is 1. The van der Waals surface area contributed by atoms with E-state index in [0.29, 0.717) is 5.92 Å². The van der Waals surface area contributed by atoms with Crippen LogP contribution in [0.5, 0.6) is 0 Å². The van der Waals surface area contributed by atoms with Gasteiger partial charge in [0, 0.05) is 6.54 Å². The number of aliphatic hydroxyl groups excluding tert-OH is 1. The Labute approximate surface area is 106 Å². The summed E-state index contributed by atoms with van der Waals surface area (Å²) in [6, 6.07) is 7.82. The molecule has 1 aromatic heterocycles. The molecule has 0 spiro atoms. The Morgan fingerprint density at radius 3 is 2.89 bits per heavy atom. The molecule has 0 bridgehead atoms. The molecule has 1 saturated carbocycles. The summed E-state index contributed by atoms with van der Waals surface area (Å²) in [6.07, 6.45) is 1.78. The predicted octanol–water partition coefficient (Wildman–Crippen LogP) is 2.03. The molecule has 0 radical (unpaired) electrons. The van der Waals surface area contributed by atoms with Gasteiger partial charge in [0.15, 0.2) is 5.58 Å². The number of hydrogen-bond acceptors (Lipinski definition) is 4. The maximum atomic E-state index is 9.27. The topological polar surface area (TPSA) is 49.5 Å². The van der Waals surface area contributed by atoms with Gasteiger partial charge < -0.3 is 9.52 Å². The van der Waals surface area contributed by atoms with Gasteiger partial charge in [-0.2, -0.15) is 0 Å². The lowest BCUT2D eigenvalue weighted by Gasteiger charge is -2.34. The highest BCUT2D eigenvalue weighted by Crippen LogP contribution is 2.28. The van der Waals surface area contributed by atoms with E-state index in [1.54, 1.807) is 0 Å². The molecule has 0 saturated heterocycles. The van der Waals surface area contributed by atoms with Crippen molar-refractivity contribution in [2.75, 3.05) is 13.6 Å². The number of rotatable bonds is 4. The first-order valence-electron chi connectivity index (χ1n) is 6.42. The Morgan fingerprint density at radius 1 is 1.39 bits per heavy atom. The minimum Gasteiger partial charge on any atom is -0.439 e. The van der Waals surface area contributed by atoms with Crippen LogP contribution in [0, 0.1) is 5.92 Å². The molecule has 1 aliphatic rings. The minimum absolute atomic E-state index is 0.0762. The summed E-state index contributed by atoms with van der Waals surface area (Å²) >= 11 is 0. The van der Waals surface area contributed by atoms with Crippen molar-refractivity contribution in [2.24, 2.45) is 5.92 Å². The molecule has 0 unspecified atom stereocenters. The van der Waals surface area contributed by atoms with E-state index in [1.807, 2.05) is 24.3 Å². The second-order valence-electron chi connectivity index (χ2n) is 5.26. The zero-order valence-corrected chi connectivity index (χ0v) is 10.5. The summed E-state index contributed by atoms with van der Waals surface area (Å²) in [5, 5.41) is 9.27. The number of nitrogens with zero attached hydrogens (tertiary/aromatic N) is 2. The molecular formula is C14H18N2O2. The maximum absolute atomic E-state index is 9.27. The third-order valence-corrected chi connectivity index (χ3v) is 3.52. The third-order valence-electron chi connectivity index (χ3n) is 3.52. The smallest absolute Gasteiger partial charge is 0.209 e. The van der Waals surface area contributed by atoms with Crippen LogP contribution in [0.4, 0.5) is 0 Å². The average molecular weight is 246 g/mol. The fourth-order valence-corrected chi connectivity index (χ4v) is 2.57. The van der Waals surface area contributed by atoms with Crippen LogP contribution in [0.1, 0.15) is 18.7 Å². The third kappa shape index (κ3) is 2.40. The highest BCUT2D eigenvalue weighted by Gasteiger charge is 2.28. The van der Waals surface area contributed by atoms with E-state index < -0.39 is 0 Å². The Kier molecular flexibility index (Phi) is 3.06. The molecule has 96 valence electrons. The van der Waals surface area contributed by atoms with E-state index in [4.69, 9.17) is 4.42 Å². The first-order chi connectivity index (χ1) is 8.70. The van der Waals surface area contributed by atoms with E-state index in [2.05, 4.69) is 16.9 Å². The van der Waals surface area contributed by atoms with Gasteiger partial charge in [-0.1, -0.05) is 12.1 Å². The van der Waals surface area contributed by atoms with Crippen molar-refractivity contribution in [1.29, 1.82) is 0 Å². The molecular weight excluding hydrogens is 228 g/mol. The summed E-state index contributed by atoms with van der Waals surface area (Å²) in [7, 11) is 2.07. The van der Waals surface area contributed by atoms with Gasteiger partial charge in [-0.05, 0) is 37.9 Å². The van der Waals surface area contributed by atoms with Gasteiger partial charge >= 0.3 is 0 Å². The van der Waals surface area contributed by atoms with Crippen molar-refractivity contribution in [1.82, 2.24) is 9.88 Å². The Balaban J connectivity index is 1.61. The van der Waals surface area contributed by atoms with Crippen LogP contribution < -0.4 is 0 Å². The Bertz CT molecular complexity index is 498. The largest absolute Gasteiger partial charge is 0.439 e. The number of benzene rings is 1. The van der Waals surface area contributed by atoms with Crippen molar-refractivity contribution in [3.63, 3.8) is 0 Å². The van der Waals surface area contributed by atoms with E-state index in [9.17, 15) is 5.11 Å². The van der Waals surface area contributed by atoms with E-state index in [-0.39, 0.29) is 6.10 Å². The molecule has 1 N–H and O–H groups in total. The molecule has 1 fully saturated rings. The number of para-hydroxylation sites is 2. The van der Waals surface area contributed by atoms with Gasteiger partial charge in [-0.3, -0.25) is 4.90 Å². The standard InChI is InChI=1S/C14H18N2O2/c1-16(8-10-6-11(17)7-10)9-14-15-12-4-2-3-5-13(12)18-14/h2-5,10-11,17H,6-9H2,1H3. The van der Waals surface area contributed by atoms with Crippen molar-refractivity contribution in [3.8, 4) is 0 Å². The van der Waals surface area contributed by atoms with Gasteiger partial charge in [0.2, 0.25) is 5.89 Å². The summed E-state index contributed by atoms with van der Waals surface area (Å²) < 4.78 is 5.69. The molecule has 0 atom stereocenters. The van der Waals surface area contributed by atoms with Crippen molar-refractivity contribution < 1.29 is 9.52 Å². The van der Waals surface area contributed by atoms with Crippen LogP contribution in [0.15, 0.2) is 28.7 Å². The van der Waals surface area contributed by atoms with Crippen LogP contribution >= 0.6 is 0 Å². The van der Waals surface area contributed by atoms with Crippen LogP contribution in [-0.4, -0.2) is 34.7 Å². The molecule has 1 aliphatic carbocycles. The molecule has 0 aliphatic heterocycles. The van der Waals surface area contributed by atoms with Gasteiger partial charge in [0.1, 0.15) is 5.52 Å². The molecule has 4 heteroatoms.